The third-order valence-electron chi connectivity index (χ3n) is 3.06. The van der Waals surface area contributed by atoms with Gasteiger partial charge >= 0.3 is 0 Å². The number of thioether (sulfide) groups is 1. The molecule has 1 aromatic carbocycles. The number of aliphatic hydroxyl groups excluding tert-OH is 1. The summed E-state index contributed by atoms with van der Waals surface area (Å²) in [6, 6.07) is 7.43. The van der Waals surface area contributed by atoms with Crippen molar-refractivity contribution in [1.82, 2.24) is 4.90 Å². The van der Waals surface area contributed by atoms with Gasteiger partial charge in [-0.3, -0.25) is 4.79 Å². The molecule has 0 bridgehead atoms. The van der Waals surface area contributed by atoms with Crippen molar-refractivity contribution in [2.45, 2.75) is 24.0 Å². The third kappa shape index (κ3) is 4.38. The zero-order valence-electron chi connectivity index (χ0n) is 11.3. The number of hydrogen-bond donors (Lipinski definition) is 1. The second-order valence-corrected chi connectivity index (χ2v) is 6.28. The minimum absolute atomic E-state index is 0.0367. The maximum Gasteiger partial charge on any atom is 0.233 e. The standard InChI is InChI=1S/C14H18ClNO3S/c1-10-6-16(7-12(8-17)19-10)14(18)9-20-13-4-2-11(15)3-5-13/h2-5,10,12,17H,6-9H2,1H3. The number of hydrogen-bond acceptors (Lipinski definition) is 4. The van der Waals surface area contributed by atoms with E-state index in [9.17, 15) is 4.79 Å². The molecule has 6 heteroatoms. The van der Waals surface area contributed by atoms with E-state index in [4.69, 9.17) is 21.4 Å². The van der Waals surface area contributed by atoms with Gasteiger partial charge < -0.3 is 14.7 Å². The van der Waals surface area contributed by atoms with E-state index in [0.29, 0.717) is 23.9 Å². The summed E-state index contributed by atoms with van der Waals surface area (Å²) in [7, 11) is 0. The Hall–Kier alpha value is -0.750. The maximum absolute atomic E-state index is 12.2. The lowest BCUT2D eigenvalue weighted by Crippen LogP contribution is -2.50. The molecule has 1 aromatic rings. The van der Waals surface area contributed by atoms with Crippen LogP contribution in [0.15, 0.2) is 29.2 Å². The van der Waals surface area contributed by atoms with Crippen molar-refractivity contribution in [3.05, 3.63) is 29.3 Å². The number of benzene rings is 1. The predicted octanol–water partition coefficient (Wildman–Crippen LogP) is 2.04. The number of carbonyl (C=O) groups is 1. The van der Waals surface area contributed by atoms with Gasteiger partial charge in [0.2, 0.25) is 5.91 Å². The summed E-state index contributed by atoms with van der Waals surface area (Å²) < 4.78 is 5.53. The molecule has 0 saturated carbocycles. The molecule has 2 rings (SSSR count). The van der Waals surface area contributed by atoms with Gasteiger partial charge in [0.15, 0.2) is 0 Å². The molecule has 4 nitrogen and oxygen atoms in total. The monoisotopic (exact) mass is 315 g/mol. The van der Waals surface area contributed by atoms with E-state index in [1.165, 1.54) is 11.8 Å². The highest BCUT2D eigenvalue weighted by molar-refractivity contribution is 8.00. The molecule has 20 heavy (non-hydrogen) atoms. The highest BCUT2D eigenvalue weighted by atomic mass is 35.5. The molecule has 1 heterocycles. The first-order valence-corrected chi connectivity index (χ1v) is 7.87. The first-order valence-electron chi connectivity index (χ1n) is 6.51. The van der Waals surface area contributed by atoms with Crippen molar-refractivity contribution in [3.8, 4) is 0 Å². The molecule has 0 radical (unpaired) electrons. The summed E-state index contributed by atoms with van der Waals surface area (Å²) in [6.07, 6.45) is -0.311. The Morgan fingerprint density at radius 3 is 2.80 bits per heavy atom. The molecule has 110 valence electrons. The molecule has 1 saturated heterocycles. The summed E-state index contributed by atoms with van der Waals surface area (Å²) in [4.78, 5) is 15.0. The minimum atomic E-state index is -0.275. The first kappa shape index (κ1) is 15.6. The number of halogens is 1. The van der Waals surface area contributed by atoms with E-state index in [0.717, 1.165) is 4.90 Å². The van der Waals surface area contributed by atoms with Gasteiger partial charge in [-0.15, -0.1) is 11.8 Å². The second kappa shape index (κ2) is 7.31. The van der Waals surface area contributed by atoms with Gasteiger partial charge in [0.25, 0.3) is 0 Å². The number of amides is 1. The molecule has 1 aliphatic heterocycles. The van der Waals surface area contributed by atoms with E-state index >= 15 is 0 Å². The van der Waals surface area contributed by atoms with Gasteiger partial charge in [0.1, 0.15) is 0 Å². The summed E-state index contributed by atoms with van der Waals surface area (Å²) in [5.41, 5.74) is 0. The average molecular weight is 316 g/mol. The van der Waals surface area contributed by atoms with Crippen molar-refractivity contribution in [2.24, 2.45) is 0 Å². The molecular weight excluding hydrogens is 298 g/mol. The van der Waals surface area contributed by atoms with Crippen LogP contribution in [0, 0.1) is 0 Å². The lowest BCUT2D eigenvalue weighted by atomic mass is 10.2. The van der Waals surface area contributed by atoms with Crippen molar-refractivity contribution < 1.29 is 14.6 Å². The fraction of sp³-hybridized carbons (Fsp3) is 0.500. The van der Waals surface area contributed by atoms with Crippen LogP contribution in [0.2, 0.25) is 5.02 Å². The molecule has 0 spiro atoms. The number of ether oxygens (including phenoxy) is 1. The molecule has 1 N–H and O–H groups in total. The van der Waals surface area contributed by atoms with E-state index < -0.39 is 0 Å². The molecule has 1 amide bonds. The van der Waals surface area contributed by atoms with E-state index in [2.05, 4.69) is 0 Å². The number of carbonyl (C=O) groups excluding carboxylic acids is 1. The molecule has 1 aliphatic rings. The van der Waals surface area contributed by atoms with Crippen LogP contribution in [0.4, 0.5) is 0 Å². The maximum atomic E-state index is 12.2. The summed E-state index contributed by atoms with van der Waals surface area (Å²) in [6.45, 7) is 2.89. The molecular formula is C14H18ClNO3S. The molecule has 0 aromatic heterocycles. The largest absolute Gasteiger partial charge is 0.394 e. The average Bonchev–Trinajstić information content (AvgIpc) is 2.45. The number of morpholine rings is 1. The van der Waals surface area contributed by atoms with Gasteiger partial charge in [0, 0.05) is 23.0 Å². The Morgan fingerprint density at radius 1 is 1.45 bits per heavy atom. The van der Waals surface area contributed by atoms with Crippen LogP contribution >= 0.6 is 23.4 Å². The SMILES string of the molecule is CC1CN(C(=O)CSc2ccc(Cl)cc2)CC(CO)O1. The molecule has 0 aliphatic carbocycles. The van der Waals surface area contributed by atoms with Crippen molar-refractivity contribution >= 4 is 29.3 Å². The van der Waals surface area contributed by atoms with Crippen LogP contribution in [0.3, 0.4) is 0 Å². The van der Waals surface area contributed by atoms with E-state index in [1.54, 1.807) is 4.90 Å². The quantitative estimate of drug-likeness (QED) is 0.864. The van der Waals surface area contributed by atoms with Crippen LogP contribution in [0.25, 0.3) is 0 Å². The third-order valence-corrected chi connectivity index (χ3v) is 4.31. The zero-order valence-corrected chi connectivity index (χ0v) is 12.9. The van der Waals surface area contributed by atoms with Crippen molar-refractivity contribution in [1.29, 1.82) is 0 Å². The predicted molar refractivity (Wildman–Crippen MR) is 80.2 cm³/mol. The van der Waals surface area contributed by atoms with Crippen LogP contribution in [-0.2, 0) is 9.53 Å². The summed E-state index contributed by atoms with van der Waals surface area (Å²) in [5, 5.41) is 9.85. The van der Waals surface area contributed by atoms with Gasteiger partial charge in [-0.05, 0) is 31.2 Å². The van der Waals surface area contributed by atoms with Crippen molar-refractivity contribution in [2.75, 3.05) is 25.4 Å². The fourth-order valence-corrected chi connectivity index (χ4v) is 3.04. The van der Waals surface area contributed by atoms with E-state index in [1.807, 2.05) is 31.2 Å². The Morgan fingerprint density at radius 2 is 2.15 bits per heavy atom. The summed E-state index contributed by atoms with van der Waals surface area (Å²) >= 11 is 7.31. The summed E-state index contributed by atoms with van der Waals surface area (Å²) in [5.74, 6) is 0.450. The topological polar surface area (TPSA) is 49.8 Å². The van der Waals surface area contributed by atoms with Gasteiger partial charge in [-0.1, -0.05) is 11.6 Å². The highest BCUT2D eigenvalue weighted by Crippen LogP contribution is 2.21. The van der Waals surface area contributed by atoms with Crippen molar-refractivity contribution in [3.63, 3.8) is 0 Å². The Labute approximate surface area is 128 Å². The second-order valence-electron chi connectivity index (χ2n) is 4.79. The first-order chi connectivity index (χ1) is 9.58. The lowest BCUT2D eigenvalue weighted by Gasteiger charge is -2.36. The van der Waals surface area contributed by atoms with Crippen LogP contribution in [0.1, 0.15) is 6.92 Å². The fourth-order valence-electron chi connectivity index (χ4n) is 2.12. The molecule has 1 fully saturated rings. The van der Waals surface area contributed by atoms with Crippen LogP contribution in [-0.4, -0.2) is 53.6 Å². The van der Waals surface area contributed by atoms with Gasteiger partial charge in [-0.25, -0.2) is 0 Å². The van der Waals surface area contributed by atoms with Gasteiger partial charge in [-0.2, -0.15) is 0 Å². The van der Waals surface area contributed by atoms with Gasteiger partial charge in [0.05, 0.1) is 24.6 Å². The zero-order chi connectivity index (χ0) is 14.5. The molecule has 2 unspecified atom stereocenters. The number of nitrogens with zero attached hydrogens (tertiary/aromatic N) is 1. The Balaban J connectivity index is 1.86. The van der Waals surface area contributed by atoms with Crippen LogP contribution < -0.4 is 0 Å². The Bertz CT molecular complexity index is 454. The smallest absolute Gasteiger partial charge is 0.233 e. The van der Waals surface area contributed by atoms with Crippen LogP contribution in [0.5, 0.6) is 0 Å². The van der Waals surface area contributed by atoms with E-state index in [-0.39, 0.29) is 24.7 Å². The number of rotatable bonds is 4. The molecule has 2 atom stereocenters. The lowest BCUT2D eigenvalue weighted by molar-refractivity contribution is -0.144. The normalized spacial score (nSPS) is 22.9. The number of aliphatic hydroxyl groups is 1. The Kier molecular flexibility index (Phi) is 5.72. The minimum Gasteiger partial charge on any atom is -0.394 e. The highest BCUT2D eigenvalue weighted by Gasteiger charge is 2.27.